The highest BCUT2D eigenvalue weighted by Crippen LogP contribution is 2.38. The summed E-state index contributed by atoms with van der Waals surface area (Å²) in [6, 6.07) is 22.5. The first-order valence-corrected chi connectivity index (χ1v) is 14.5. The second-order valence-corrected chi connectivity index (χ2v) is 11.3. The minimum atomic E-state index is -0.534. The maximum atomic E-state index is 13.3. The standard InChI is InChI=1S/C30H28Cl2N4O3S/c1-18(2)39-28(37)26-19(3)33-29-34-30(40-17-20-8-5-4-6-9-20)35-36(29)27(26)21-12-14-22(15-13-21)38-16-23-24(31)10-7-11-25(23)32/h4-15,18,27H,16-17H2,1-3H3,(H,33,34,35). The lowest BCUT2D eigenvalue weighted by molar-refractivity contribution is -0.143. The molecule has 10 heteroatoms. The van der Waals surface area contributed by atoms with Crippen LogP contribution in [0, 0.1) is 0 Å². The molecule has 1 aromatic heterocycles. The molecule has 1 aliphatic heterocycles. The molecule has 0 bridgehead atoms. The summed E-state index contributed by atoms with van der Waals surface area (Å²) in [5, 5.41) is 9.75. The first kappa shape index (κ1) is 28.1. The van der Waals surface area contributed by atoms with Crippen LogP contribution in [0.5, 0.6) is 5.75 Å². The molecule has 1 atom stereocenters. The fraction of sp³-hybridized carbons (Fsp3) is 0.233. The molecule has 1 unspecified atom stereocenters. The molecule has 0 spiro atoms. The number of rotatable bonds is 9. The van der Waals surface area contributed by atoms with Crippen LogP contribution in [-0.2, 0) is 21.9 Å². The number of carbonyl (C=O) groups excluding carboxylic acids is 1. The van der Waals surface area contributed by atoms with Crippen molar-refractivity contribution < 1.29 is 14.3 Å². The molecule has 40 heavy (non-hydrogen) atoms. The molecule has 0 saturated heterocycles. The van der Waals surface area contributed by atoms with Crippen LogP contribution in [0.25, 0.3) is 0 Å². The highest BCUT2D eigenvalue weighted by Gasteiger charge is 2.35. The number of esters is 1. The Kier molecular flexibility index (Phi) is 8.69. The van der Waals surface area contributed by atoms with Crippen molar-refractivity contribution in [3.63, 3.8) is 0 Å². The third-order valence-corrected chi connectivity index (χ3v) is 7.86. The van der Waals surface area contributed by atoms with Crippen molar-refractivity contribution in [2.45, 2.75) is 50.4 Å². The van der Waals surface area contributed by atoms with Gasteiger partial charge in [-0.25, -0.2) is 9.48 Å². The molecule has 0 amide bonds. The molecule has 1 aliphatic rings. The Morgan fingerprint density at radius 1 is 1.02 bits per heavy atom. The average molecular weight is 596 g/mol. The molecule has 3 aromatic carbocycles. The van der Waals surface area contributed by atoms with Gasteiger partial charge < -0.3 is 14.8 Å². The lowest BCUT2D eigenvalue weighted by Crippen LogP contribution is -2.30. The van der Waals surface area contributed by atoms with Gasteiger partial charge in [0.1, 0.15) is 18.4 Å². The topological polar surface area (TPSA) is 78.3 Å². The van der Waals surface area contributed by atoms with Crippen LogP contribution in [-0.4, -0.2) is 26.8 Å². The largest absolute Gasteiger partial charge is 0.489 e. The molecule has 2 heterocycles. The molecule has 7 nitrogen and oxygen atoms in total. The van der Waals surface area contributed by atoms with Gasteiger partial charge in [-0.05, 0) is 56.2 Å². The van der Waals surface area contributed by atoms with Gasteiger partial charge >= 0.3 is 5.97 Å². The number of allylic oxidation sites excluding steroid dienone is 1. The van der Waals surface area contributed by atoms with Gasteiger partial charge in [0.25, 0.3) is 0 Å². The van der Waals surface area contributed by atoms with Crippen molar-refractivity contribution in [3.8, 4) is 5.75 Å². The lowest BCUT2D eigenvalue weighted by Gasteiger charge is -2.28. The van der Waals surface area contributed by atoms with Gasteiger partial charge in [0.05, 0.1) is 11.7 Å². The summed E-state index contributed by atoms with van der Waals surface area (Å²) in [6.45, 7) is 5.74. The van der Waals surface area contributed by atoms with Crippen LogP contribution in [0.3, 0.4) is 0 Å². The van der Waals surface area contributed by atoms with Gasteiger partial charge in [0.15, 0.2) is 0 Å². The molecular formula is C30H28Cl2N4O3S. The molecule has 1 N–H and O–H groups in total. The Balaban J connectivity index is 1.43. The number of carbonyl (C=O) groups is 1. The normalized spacial score (nSPS) is 14.6. The average Bonchev–Trinajstić information content (AvgIpc) is 3.34. The van der Waals surface area contributed by atoms with Crippen LogP contribution in [0.1, 0.15) is 43.5 Å². The Hall–Kier alpha value is -3.46. The number of fused-ring (bicyclic) bond motifs is 1. The van der Waals surface area contributed by atoms with Gasteiger partial charge in [-0.15, -0.1) is 5.10 Å². The van der Waals surface area contributed by atoms with E-state index >= 15 is 0 Å². The zero-order chi connectivity index (χ0) is 28.2. The fourth-order valence-electron chi connectivity index (χ4n) is 4.34. The van der Waals surface area contributed by atoms with Crippen LogP contribution < -0.4 is 10.1 Å². The molecule has 5 rings (SSSR count). The highest BCUT2D eigenvalue weighted by molar-refractivity contribution is 7.98. The number of thioether (sulfide) groups is 1. The molecule has 206 valence electrons. The summed E-state index contributed by atoms with van der Waals surface area (Å²) >= 11 is 14.1. The summed E-state index contributed by atoms with van der Waals surface area (Å²) in [5.41, 5.74) is 3.88. The quantitative estimate of drug-likeness (QED) is 0.157. The van der Waals surface area contributed by atoms with Gasteiger partial charge in [0, 0.05) is 27.1 Å². The van der Waals surface area contributed by atoms with Crippen molar-refractivity contribution in [2.24, 2.45) is 0 Å². The Labute approximate surface area is 247 Å². The van der Waals surface area contributed by atoms with E-state index in [1.807, 2.05) is 63.2 Å². The number of hydrogen-bond donors (Lipinski definition) is 1. The van der Waals surface area contributed by atoms with Crippen molar-refractivity contribution in [2.75, 3.05) is 5.32 Å². The minimum absolute atomic E-state index is 0.228. The second kappa shape index (κ2) is 12.4. The van der Waals surface area contributed by atoms with E-state index in [4.69, 9.17) is 42.8 Å². The van der Waals surface area contributed by atoms with E-state index in [1.165, 1.54) is 17.3 Å². The predicted octanol–water partition coefficient (Wildman–Crippen LogP) is 7.70. The molecule has 0 radical (unpaired) electrons. The maximum absolute atomic E-state index is 13.3. The number of nitrogens with zero attached hydrogens (tertiary/aromatic N) is 3. The monoisotopic (exact) mass is 594 g/mol. The minimum Gasteiger partial charge on any atom is -0.489 e. The van der Waals surface area contributed by atoms with Crippen LogP contribution >= 0.6 is 35.0 Å². The van der Waals surface area contributed by atoms with Gasteiger partial charge in [-0.3, -0.25) is 0 Å². The number of ether oxygens (including phenoxy) is 2. The van der Waals surface area contributed by atoms with E-state index in [9.17, 15) is 4.79 Å². The molecule has 0 saturated carbocycles. The van der Waals surface area contributed by atoms with E-state index in [0.717, 1.165) is 16.9 Å². The van der Waals surface area contributed by atoms with E-state index in [-0.39, 0.29) is 12.7 Å². The summed E-state index contributed by atoms with van der Waals surface area (Å²) in [6.07, 6.45) is -0.269. The third-order valence-electron chi connectivity index (χ3n) is 6.25. The van der Waals surface area contributed by atoms with Crippen molar-refractivity contribution in [1.82, 2.24) is 14.8 Å². The Bertz CT molecular complexity index is 1520. The van der Waals surface area contributed by atoms with E-state index in [0.29, 0.717) is 38.2 Å². The number of aromatic nitrogens is 3. The van der Waals surface area contributed by atoms with Crippen LogP contribution in [0.15, 0.2) is 89.2 Å². The van der Waals surface area contributed by atoms with Gasteiger partial charge in [-0.1, -0.05) is 83.5 Å². The Morgan fingerprint density at radius 3 is 2.40 bits per heavy atom. The molecular weight excluding hydrogens is 567 g/mol. The summed E-state index contributed by atoms with van der Waals surface area (Å²) < 4.78 is 13.3. The number of anilines is 1. The smallest absolute Gasteiger partial charge is 0.338 e. The zero-order valence-corrected chi connectivity index (χ0v) is 24.6. The first-order chi connectivity index (χ1) is 19.3. The number of nitrogens with one attached hydrogen (secondary N) is 1. The SMILES string of the molecule is CC1=C(C(=O)OC(C)C)C(c2ccc(OCc3c(Cl)cccc3Cl)cc2)n2nc(SCc3ccccc3)nc2N1. The molecule has 0 fully saturated rings. The third kappa shape index (κ3) is 6.30. The lowest BCUT2D eigenvalue weighted by atomic mass is 9.95. The zero-order valence-electron chi connectivity index (χ0n) is 22.2. The number of hydrogen-bond acceptors (Lipinski definition) is 7. The van der Waals surface area contributed by atoms with Crippen molar-refractivity contribution >= 4 is 46.9 Å². The second-order valence-electron chi connectivity index (χ2n) is 9.52. The number of benzene rings is 3. The highest BCUT2D eigenvalue weighted by atomic mass is 35.5. The van der Waals surface area contributed by atoms with E-state index in [2.05, 4.69) is 17.4 Å². The summed E-state index contributed by atoms with van der Waals surface area (Å²) in [5.74, 6) is 1.52. The first-order valence-electron chi connectivity index (χ1n) is 12.8. The maximum Gasteiger partial charge on any atom is 0.338 e. The van der Waals surface area contributed by atoms with Gasteiger partial charge in [0.2, 0.25) is 11.1 Å². The van der Waals surface area contributed by atoms with Crippen LogP contribution in [0.2, 0.25) is 10.0 Å². The summed E-state index contributed by atoms with van der Waals surface area (Å²) in [4.78, 5) is 18.0. The Morgan fingerprint density at radius 2 is 1.73 bits per heavy atom. The van der Waals surface area contributed by atoms with E-state index < -0.39 is 12.0 Å². The molecule has 4 aromatic rings. The van der Waals surface area contributed by atoms with Crippen molar-refractivity contribution in [1.29, 1.82) is 0 Å². The van der Waals surface area contributed by atoms with E-state index in [1.54, 1.807) is 22.9 Å². The van der Waals surface area contributed by atoms with Crippen molar-refractivity contribution in [3.05, 3.63) is 111 Å². The summed E-state index contributed by atoms with van der Waals surface area (Å²) in [7, 11) is 0. The van der Waals surface area contributed by atoms with Gasteiger partial charge in [-0.2, -0.15) is 4.98 Å². The molecule has 0 aliphatic carbocycles. The number of halogens is 2. The predicted molar refractivity (Wildman–Crippen MR) is 159 cm³/mol. The fourth-order valence-corrected chi connectivity index (χ4v) is 5.63. The van der Waals surface area contributed by atoms with Crippen LogP contribution in [0.4, 0.5) is 5.95 Å².